The van der Waals surface area contributed by atoms with Crippen LogP contribution in [0.2, 0.25) is 0 Å². The number of nitriles is 1. The first-order chi connectivity index (χ1) is 10.5. The highest BCUT2D eigenvalue weighted by Crippen LogP contribution is 2.43. The predicted molar refractivity (Wildman–Crippen MR) is 79.9 cm³/mol. The molecule has 0 fully saturated rings. The van der Waals surface area contributed by atoms with E-state index in [1.807, 2.05) is 6.07 Å². The number of ketones is 1. The Morgan fingerprint density at radius 3 is 2.50 bits per heavy atom. The molecule has 0 aliphatic heterocycles. The molecule has 3 rings (SSSR count). The third-order valence-electron chi connectivity index (χ3n) is 3.92. The molecule has 0 aromatic heterocycles. The lowest BCUT2D eigenvalue weighted by atomic mass is 9.97. The number of rotatable bonds is 1. The monoisotopic (exact) mass is 293 g/mol. The van der Waals surface area contributed by atoms with Crippen molar-refractivity contribution >= 4 is 11.9 Å². The molecule has 0 spiro atoms. The molecule has 0 saturated heterocycles. The number of phenolic OH excluding ortho intramolecular Hbond substituents is 1. The summed E-state index contributed by atoms with van der Waals surface area (Å²) in [6.45, 7) is 1.74. The van der Waals surface area contributed by atoms with Crippen LogP contribution in [0.4, 0.5) is 4.39 Å². The smallest absolute Gasteiger partial charge is 0.193 e. The summed E-state index contributed by atoms with van der Waals surface area (Å²) < 4.78 is 14.0. The van der Waals surface area contributed by atoms with Crippen molar-refractivity contribution in [1.82, 2.24) is 0 Å². The van der Waals surface area contributed by atoms with Crippen molar-refractivity contribution in [3.63, 3.8) is 0 Å². The largest absolute Gasteiger partial charge is 0.507 e. The molecule has 0 radical (unpaired) electrons. The zero-order valence-electron chi connectivity index (χ0n) is 11.8. The summed E-state index contributed by atoms with van der Waals surface area (Å²) in [7, 11) is 0. The van der Waals surface area contributed by atoms with Crippen molar-refractivity contribution in [2.75, 3.05) is 0 Å². The number of halogens is 1. The summed E-state index contributed by atoms with van der Waals surface area (Å²) in [4.78, 5) is 12.5. The van der Waals surface area contributed by atoms with Gasteiger partial charge in [-0.05, 0) is 35.9 Å². The number of hydrogen-bond donors (Lipinski definition) is 1. The summed E-state index contributed by atoms with van der Waals surface area (Å²) in [5, 5.41) is 18.6. The van der Waals surface area contributed by atoms with Crippen molar-refractivity contribution in [2.24, 2.45) is 0 Å². The Hall–Kier alpha value is -2.93. The Labute approximate surface area is 126 Å². The molecule has 22 heavy (non-hydrogen) atoms. The number of carbonyl (C=O) groups is 1. The molecule has 1 N–H and O–H groups in total. The molecule has 0 saturated carbocycles. The molecule has 4 heteroatoms. The lowest BCUT2D eigenvalue weighted by Gasteiger charge is -2.07. The van der Waals surface area contributed by atoms with Crippen LogP contribution in [-0.2, 0) is 0 Å². The Balaban J connectivity index is 2.09. The second-order valence-electron chi connectivity index (χ2n) is 5.24. The van der Waals surface area contributed by atoms with Gasteiger partial charge in [0, 0.05) is 17.1 Å². The molecule has 1 aliphatic rings. The predicted octanol–water partition coefficient (Wildman–Crippen LogP) is 3.79. The zero-order valence-corrected chi connectivity index (χ0v) is 11.8. The summed E-state index contributed by atoms with van der Waals surface area (Å²) in [6, 6.07) is 11.2. The maximum absolute atomic E-state index is 14.0. The second kappa shape index (κ2) is 5.12. The van der Waals surface area contributed by atoms with Crippen molar-refractivity contribution in [2.45, 2.75) is 12.8 Å². The molecular formula is C18H12FNO2. The first-order valence-corrected chi connectivity index (χ1v) is 6.80. The van der Waals surface area contributed by atoms with Crippen LogP contribution in [0.3, 0.4) is 0 Å². The van der Waals surface area contributed by atoms with Gasteiger partial charge in [-0.3, -0.25) is 4.79 Å². The number of hydrogen-bond acceptors (Lipinski definition) is 3. The van der Waals surface area contributed by atoms with Crippen LogP contribution < -0.4 is 0 Å². The SMILES string of the molecule is C[C@@H]1/C(=C\c2ccc(C#N)cc2)C(=O)c2c(O)ccc(F)c21. The number of aromatic hydroxyl groups is 1. The second-order valence-corrected chi connectivity index (χ2v) is 5.24. The van der Waals surface area contributed by atoms with Crippen LogP contribution in [0, 0.1) is 17.1 Å². The lowest BCUT2D eigenvalue weighted by Crippen LogP contribution is -1.97. The van der Waals surface area contributed by atoms with Gasteiger partial charge >= 0.3 is 0 Å². The van der Waals surface area contributed by atoms with Gasteiger partial charge in [-0.15, -0.1) is 0 Å². The van der Waals surface area contributed by atoms with E-state index in [-0.39, 0.29) is 22.7 Å². The Bertz CT molecular complexity index is 845. The van der Waals surface area contributed by atoms with E-state index in [0.717, 1.165) is 5.56 Å². The fourth-order valence-electron chi connectivity index (χ4n) is 2.77. The van der Waals surface area contributed by atoms with Crippen LogP contribution in [-0.4, -0.2) is 10.9 Å². The van der Waals surface area contributed by atoms with Gasteiger partial charge in [0.15, 0.2) is 5.78 Å². The van der Waals surface area contributed by atoms with E-state index >= 15 is 0 Å². The lowest BCUT2D eigenvalue weighted by molar-refractivity contribution is 0.103. The summed E-state index contributed by atoms with van der Waals surface area (Å²) in [5.74, 6) is -1.47. The van der Waals surface area contributed by atoms with Gasteiger partial charge in [0.25, 0.3) is 0 Å². The Morgan fingerprint density at radius 1 is 1.23 bits per heavy atom. The molecule has 0 bridgehead atoms. The van der Waals surface area contributed by atoms with E-state index in [9.17, 15) is 14.3 Å². The minimum Gasteiger partial charge on any atom is -0.507 e. The number of phenols is 1. The molecular weight excluding hydrogens is 281 g/mol. The number of benzene rings is 2. The van der Waals surface area contributed by atoms with Crippen LogP contribution in [0.15, 0.2) is 42.0 Å². The number of nitrogens with zero attached hydrogens (tertiary/aromatic N) is 1. The standard InChI is InChI=1S/C18H12FNO2/c1-10-13(8-11-2-4-12(9-20)5-3-11)18(22)17-15(21)7-6-14(19)16(10)17/h2-8,10,21H,1H3/b13-8+/t10-/m1/s1. The molecule has 1 atom stereocenters. The van der Waals surface area contributed by atoms with E-state index in [1.54, 1.807) is 37.3 Å². The number of carbonyl (C=O) groups excluding carboxylic acids is 1. The van der Waals surface area contributed by atoms with Crippen molar-refractivity contribution in [3.8, 4) is 11.8 Å². The Kier molecular flexibility index (Phi) is 3.26. The molecule has 2 aromatic carbocycles. The third kappa shape index (κ3) is 2.08. The molecule has 1 aliphatic carbocycles. The van der Waals surface area contributed by atoms with Gasteiger partial charge in [0.2, 0.25) is 0 Å². The van der Waals surface area contributed by atoms with Crippen molar-refractivity contribution in [1.29, 1.82) is 5.26 Å². The van der Waals surface area contributed by atoms with Gasteiger partial charge in [0.05, 0.1) is 17.2 Å². The minimum absolute atomic E-state index is 0.0485. The highest BCUT2D eigenvalue weighted by molar-refractivity contribution is 6.18. The quantitative estimate of drug-likeness (QED) is 0.814. The van der Waals surface area contributed by atoms with Gasteiger partial charge < -0.3 is 5.11 Å². The maximum atomic E-state index is 14.0. The molecule has 0 unspecified atom stereocenters. The highest BCUT2D eigenvalue weighted by atomic mass is 19.1. The number of fused-ring (bicyclic) bond motifs is 1. The summed E-state index contributed by atoms with van der Waals surface area (Å²) >= 11 is 0. The fourth-order valence-corrected chi connectivity index (χ4v) is 2.77. The molecule has 0 amide bonds. The van der Waals surface area contributed by atoms with Gasteiger partial charge in [-0.2, -0.15) is 5.26 Å². The first-order valence-electron chi connectivity index (χ1n) is 6.80. The van der Waals surface area contributed by atoms with Crippen LogP contribution >= 0.6 is 0 Å². The van der Waals surface area contributed by atoms with Crippen LogP contribution in [0.1, 0.15) is 39.9 Å². The van der Waals surface area contributed by atoms with E-state index in [0.29, 0.717) is 11.1 Å². The van der Waals surface area contributed by atoms with Crippen LogP contribution in [0.5, 0.6) is 5.75 Å². The van der Waals surface area contributed by atoms with Crippen molar-refractivity contribution in [3.05, 3.63) is 70.0 Å². The van der Waals surface area contributed by atoms with E-state index in [2.05, 4.69) is 0 Å². The summed E-state index contributed by atoms with van der Waals surface area (Å²) in [5.41, 5.74) is 2.00. The highest BCUT2D eigenvalue weighted by Gasteiger charge is 2.36. The summed E-state index contributed by atoms with van der Waals surface area (Å²) in [6.07, 6.45) is 1.67. The maximum Gasteiger partial charge on any atom is 0.193 e. The average Bonchev–Trinajstić information content (AvgIpc) is 2.77. The van der Waals surface area contributed by atoms with Gasteiger partial charge in [0.1, 0.15) is 11.6 Å². The van der Waals surface area contributed by atoms with E-state index in [4.69, 9.17) is 5.26 Å². The van der Waals surface area contributed by atoms with Gasteiger partial charge in [-0.1, -0.05) is 19.1 Å². The third-order valence-corrected chi connectivity index (χ3v) is 3.92. The molecule has 2 aromatic rings. The van der Waals surface area contributed by atoms with Crippen LogP contribution in [0.25, 0.3) is 6.08 Å². The minimum atomic E-state index is -0.489. The zero-order chi connectivity index (χ0) is 15.9. The number of allylic oxidation sites excluding steroid dienone is 1. The Morgan fingerprint density at radius 2 is 1.91 bits per heavy atom. The van der Waals surface area contributed by atoms with E-state index in [1.165, 1.54) is 12.1 Å². The molecule has 3 nitrogen and oxygen atoms in total. The first kappa shape index (κ1) is 14.0. The number of Topliss-reactive ketones (excluding diaryl/α,β-unsaturated/α-hetero) is 1. The molecule has 0 heterocycles. The normalized spacial score (nSPS) is 18.3. The molecule has 108 valence electrons. The fraction of sp³-hybridized carbons (Fsp3) is 0.111. The van der Waals surface area contributed by atoms with E-state index < -0.39 is 11.7 Å². The van der Waals surface area contributed by atoms with Gasteiger partial charge in [-0.25, -0.2) is 4.39 Å². The topological polar surface area (TPSA) is 61.1 Å². The van der Waals surface area contributed by atoms with Crippen molar-refractivity contribution < 1.29 is 14.3 Å². The average molecular weight is 293 g/mol.